The van der Waals surface area contributed by atoms with Crippen molar-refractivity contribution in [1.29, 1.82) is 0 Å². The van der Waals surface area contributed by atoms with Crippen molar-refractivity contribution in [3.63, 3.8) is 0 Å². The minimum Gasteiger partial charge on any atom is -0.490 e. The van der Waals surface area contributed by atoms with Gasteiger partial charge in [0.25, 0.3) is 0 Å². The molecule has 0 spiro atoms. The molecule has 3 rings (SSSR count). The van der Waals surface area contributed by atoms with Crippen LogP contribution < -0.4 is 14.2 Å². The lowest BCUT2D eigenvalue weighted by molar-refractivity contribution is -0.138. The average molecular weight is 378 g/mol. The molecule has 5 nitrogen and oxygen atoms in total. The van der Waals surface area contributed by atoms with Gasteiger partial charge in [0.15, 0.2) is 0 Å². The summed E-state index contributed by atoms with van der Waals surface area (Å²) < 4.78 is 22.3. The van der Waals surface area contributed by atoms with E-state index in [0.29, 0.717) is 19.0 Å². The van der Waals surface area contributed by atoms with E-state index in [2.05, 4.69) is 6.58 Å². The van der Waals surface area contributed by atoms with Crippen LogP contribution in [0.25, 0.3) is 10.8 Å². The Morgan fingerprint density at radius 2 is 1.29 bits per heavy atom. The molecule has 0 saturated heterocycles. The number of hydrogen-bond acceptors (Lipinski definition) is 5. The largest absolute Gasteiger partial charge is 0.490 e. The van der Waals surface area contributed by atoms with Gasteiger partial charge in [0, 0.05) is 16.8 Å². The average Bonchev–Trinajstić information content (AvgIpc) is 2.75. The third-order valence-electron chi connectivity index (χ3n) is 3.95. The molecule has 0 aliphatic rings. The van der Waals surface area contributed by atoms with Crippen LogP contribution in [0.5, 0.6) is 17.2 Å². The summed E-state index contributed by atoms with van der Waals surface area (Å²) in [5, 5.41) is 1.88. The van der Waals surface area contributed by atoms with Crippen LogP contribution in [0.2, 0.25) is 0 Å². The molecule has 144 valence electrons. The van der Waals surface area contributed by atoms with Gasteiger partial charge in [-0.15, -0.1) is 0 Å². The molecule has 0 bridgehead atoms. The topological polar surface area (TPSA) is 54.0 Å². The van der Waals surface area contributed by atoms with Crippen molar-refractivity contribution in [1.82, 2.24) is 0 Å². The lowest BCUT2D eigenvalue weighted by Crippen LogP contribution is -2.10. The predicted molar refractivity (Wildman–Crippen MR) is 108 cm³/mol. The highest BCUT2D eigenvalue weighted by Gasteiger charge is 2.07. The van der Waals surface area contributed by atoms with Crippen LogP contribution in [-0.2, 0) is 9.53 Å². The van der Waals surface area contributed by atoms with Crippen LogP contribution in [0.15, 0.2) is 79.4 Å². The second kappa shape index (κ2) is 10.0. The van der Waals surface area contributed by atoms with Crippen molar-refractivity contribution in [2.24, 2.45) is 0 Å². The molecule has 0 aliphatic heterocycles. The fourth-order valence-corrected chi connectivity index (χ4v) is 2.68. The number of benzene rings is 3. The smallest absolute Gasteiger partial charge is 0.330 e. The number of hydrogen-bond donors (Lipinski definition) is 0. The van der Waals surface area contributed by atoms with E-state index in [9.17, 15) is 4.79 Å². The molecule has 0 aliphatic carbocycles. The molecule has 0 atom stereocenters. The predicted octanol–water partition coefficient (Wildman–Crippen LogP) is 4.41. The Morgan fingerprint density at radius 1 is 0.714 bits per heavy atom. The third kappa shape index (κ3) is 5.27. The number of esters is 1. The Bertz CT molecular complexity index is 921. The maximum absolute atomic E-state index is 11.1. The first-order valence-electron chi connectivity index (χ1n) is 9.02. The van der Waals surface area contributed by atoms with E-state index < -0.39 is 5.97 Å². The molecule has 28 heavy (non-hydrogen) atoms. The van der Waals surface area contributed by atoms with E-state index in [1.54, 1.807) is 0 Å². The van der Waals surface area contributed by atoms with Crippen LogP contribution in [-0.4, -0.2) is 32.4 Å². The summed E-state index contributed by atoms with van der Waals surface area (Å²) in [6.07, 6.45) is 1.13. The van der Waals surface area contributed by atoms with Crippen LogP contribution in [0.4, 0.5) is 0 Å². The zero-order chi connectivity index (χ0) is 19.6. The number of carbonyl (C=O) groups excluding carboxylic acids is 1. The fraction of sp³-hybridized carbons (Fsp3) is 0.174. The molecule has 0 heterocycles. The number of fused-ring (bicyclic) bond motifs is 1. The van der Waals surface area contributed by atoms with Gasteiger partial charge in [-0.25, -0.2) is 4.79 Å². The molecule has 0 aromatic heterocycles. The summed E-state index contributed by atoms with van der Waals surface area (Å²) in [5.74, 6) is 1.82. The van der Waals surface area contributed by atoms with E-state index >= 15 is 0 Å². The van der Waals surface area contributed by atoms with Gasteiger partial charge >= 0.3 is 5.97 Å². The molecule has 0 fully saturated rings. The van der Waals surface area contributed by atoms with E-state index in [0.717, 1.165) is 28.3 Å². The first-order valence-corrected chi connectivity index (χ1v) is 9.02. The number of para-hydroxylation sites is 1. The van der Waals surface area contributed by atoms with Crippen molar-refractivity contribution in [3.05, 3.63) is 79.4 Å². The van der Waals surface area contributed by atoms with Crippen LogP contribution in [0.3, 0.4) is 0 Å². The van der Waals surface area contributed by atoms with Gasteiger partial charge in [-0.1, -0.05) is 49.0 Å². The second-order valence-corrected chi connectivity index (χ2v) is 5.84. The Kier molecular flexibility index (Phi) is 6.90. The minimum absolute atomic E-state index is 0.161. The summed E-state index contributed by atoms with van der Waals surface area (Å²) >= 11 is 0. The van der Waals surface area contributed by atoms with Gasteiger partial charge in [-0.2, -0.15) is 0 Å². The van der Waals surface area contributed by atoms with Crippen molar-refractivity contribution < 1.29 is 23.7 Å². The zero-order valence-electron chi connectivity index (χ0n) is 15.5. The Labute approximate surface area is 164 Å². The van der Waals surface area contributed by atoms with Crippen molar-refractivity contribution in [3.8, 4) is 17.2 Å². The minimum atomic E-state index is -0.463. The third-order valence-corrected chi connectivity index (χ3v) is 3.95. The zero-order valence-corrected chi connectivity index (χ0v) is 15.5. The number of carbonyl (C=O) groups is 1. The van der Waals surface area contributed by atoms with Gasteiger partial charge < -0.3 is 18.9 Å². The Balaban J connectivity index is 1.59. The highest BCUT2D eigenvalue weighted by atomic mass is 16.6. The molecule has 0 radical (unpaired) electrons. The van der Waals surface area contributed by atoms with Gasteiger partial charge in [-0.05, 0) is 24.3 Å². The van der Waals surface area contributed by atoms with Crippen molar-refractivity contribution in [2.75, 3.05) is 26.4 Å². The van der Waals surface area contributed by atoms with Gasteiger partial charge in [0.2, 0.25) is 0 Å². The molecular formula is C23H22O5. The molecule has 0 N–H and O–H groups in total. The Morgan fingerprint density at radius 3 is 1.89 bits per heavy atom. The fourth-order valence-electron chi connectivity index (χ4n) is 2.68. The molecule has 5 heteroatoms. The summed E-state index contributed by atoms with van der Waals surface area (Å²) in [7, 11) is 0. The van der Waals surface area contributed by atoms with E-state index in [-0.39, 0.29) is 13.2 Å². The highest BCUT2D eigenvalue weighted by Crippen LogP contribution is 2.32. The molecule has 0 amide bonds. The highest BCUT2D eigenvalue weighted by molar-refractivity contribution is 5.93. The molecule has 3 aromatic carbocycles. The molecule has 0 unspecified atom stereocenters. The number of ether oxygens (including phenoxy) is 4. The van der Waals surface area contributed by atoms with Crippen molar-refractivity contribution >= 4 is 16.7 Å². The number of rotatable bonds is 10. The maximum Gasteiger partial charge on any atom is 0.330 e. The first kappa shape index (κ1) is 19.3. The molecule has 3 aromatic rings. The second-order valence-electron chi connectivity index (χ2n) is 5.84. The summed E-state index contributed by atoms with van der Waals surface area (Å²) in [4.78, 5) is 11.1. The standard InChI is InChI=1S/C23H22O5/c1-2-23(24)28-17-16-27-22-13-7-10-19-20(22)11-6-12-21(19)26-15-14-25-18-8-4-3-5-9-18/h2-13H,1,14-17H2. The monoisotopic (exact) mass is 378 g/mol. The van der Waals surface area contributed by atoms with Crippen LogP contribution in [0, 0.1) is 0 Å². The lowest BCUT2D eigenvalue weighted by atomic mass is 10.1. The van der Waals surface area contributed by atoms with E-state index in [1.807, 2.05) is 66.7 Å². The summed E-state index contributed by atoms with van der Waals surface area (Å²) in [6, 6.07) is 21.2. The van der Waals surface area contributed by atoms with Crippen molar-refractivity contribution in [2.45, 2.75) is 0 Å². The van der Waals surface area contributed by atoms with E-state index in [1.165, 1.54) is 0 Å². The lowest BCUT2D eigenvalue weighted by Gasteiger charge is -2.13. The quantitative estimate of drug-likeness (QED) is 0.297. The van der Waals surface area contributed by atoms with Gasteiger partial charge in [0.1, 0.15) is 43.7 Å². The normalized spacial score (nSPS) is 10.3. The summed E-state index contributed by atoms with van der Waals surface area (Å²) in [5.41, 5.74) is 0. The summed E-state index contributed by atoms with van der Waals surface area (Å²) in [6.45, 7) is 4.65. The van der Waals surface area contributed by atoms with Gasteiger partial charge in [0.05, 0.1) is 0 Å². The molecule has 0 saturated carbocycles. The molecular weight excluding hydrogens is 356 g/mol. The van der Waals surface area contributed by atoms with Crippen LogP contribution >= 0.6 is 0 Å². The first-order chi connectivity index (χ1) is 13.8. The van der Waals surface area contributed by atoms with E-state index in [4.69, 9.17) is 18.9 Å². The maximum atomic E-state index is 11.1. The van der Waals surface area contributed by atoms with Crippen LogP contribution in [0.1, 0.15) is 0 Å². The van der Waals surface area contributed by atoms with Gasteiger partial charge in [-0.3, -0.25) is 0 Å². The Hall–Kier alpha value is -3.47. The SMILES string of the molecule is C=CC(=O)OCCOc1cccc2c(OCCOc3ccccc3)cccc12.